The Labute approximate surface area is 115 Å². The van der Waals surface area contributed by atoms with E-state index in [0.717, 1.165) is 5.41 Å². The van der Waals surface area contributed by atoms with Crippen LogP contribution in [0.25, 0.3) is 0 Å². The number of methoxy groups -OCH3 is 1. The predicted molar refractivity (Wildman–Crippen MR) is 70.6 cm³/mol. The van der Waals surface area contributed by atoms with Gasteiger partial charge in [0, 0.05) is 0 Å². The number of aliphatic imine (C=N–C) groups is 1. The van der Waals surface area contributed by atoms with Crippen molar-refractivity contribution in [1.82, 2.24) is 0 Å². The summed E-state index contributed by atoms with van der Waals surface area (Å²) in [5, 5.41) is 8.62. The van der Waals surface area contributed by atoms with Crippen molar-refractivity contribution in [2.75, 3.05) is 13.7 Å². The fourth-order valence-electron chi connectivity index (χ4n) is 1.58. The Morgan fingerprint density at radius 1 is 1.30 bits per heavy atom. The maximum atomic E-state index is 11.5. The molecule has 1 aromatic carbocycles. The Balaban J connectivity index is 2.15. The Hall–Kier alpha value is -2.35. The predicted octanol–water partition coefficient (Wildman–Crippen LogP) is 0.827. The molecule has 2 rings (SSSR count). The zero-order valence-corrected chi connectivity index (χ0v) is 11.3. The number of aliphatic carboxylic acids is 1. The number of ether oxygens (including phenoxy) is 2. The van der Waals surface area contributed by atoms with Crippen LogP contribution in [-0.4, -0.2) is 38.3 Å². The number of hydrogen-bond acceptors (Lipinski definition) is 6. The lowest BCUT2D eigenvalue weighted by atomic mass is 10.3. The highest BCUT2D eigenvalue weighted by Gasteiger charge is 2.31. The summed E-state index contributed by atoms with van der Waals surface area (Å²) >= 11 is 0. The largest absolute Gasteiger partial charge is 0.493 e. The van der Waals surface area contributed by atoms with E-state index in [-0.39, 0.29) is 12.3 Å². The molecule has 0 saturated carbocycles. The van der Waals surface area contributed by atoms with Crippen molar-refractivity contribution in [3.8, 4) is 11.5 Å². The summed E-state index contributed by atoms with van der Waals surface area (Å²) in [6.45, 7) is -0.170. The third-order valence-corrected chi connectivity index (χ3v) is 3.82. The summed E-state index contributed by atoms with van der Waals surface area (Å²) < 4.78 is 33.4. The van der Waals surface area contributed by atoms with Crippen LogP contribution in [0.5, 0.6) is 11.5 Å². The van der Waals surface area contributed by atoms with Gasteiger partial charge in [0.1, 0.15) is 6.61 Å². The lowest BCUT2D eigenvalue weighted by molar-refractivity contribution is -0.129. The smallest absolute Gasteiger partial charge is 0.366 e. The molecule has 1 N–H and O–H groups in total. The van der Waals surface area contributed by atoms with E-state index in [1.165, 1.54) is 7.11 Å². The number of nitrogens with zero attached hydrogens (tertiary/aromatic N) is 1. The molecule has 0 saturated heterocycles. The second-order valence-corrected chi connectivity index (χ2v) is 5.53. The molecule has 0 bridgehead atoms. The molecule has 20 heavy (non-hydrogen) atoms. The fourth-order valence-corrected chi connectivity index (χ4v) is 2.66. The molecule has 0 unspecified atom stereocenters. The average Bonchev–Trinajstić information content (AvgIpc) is 2.72. The molecule has 0 aromatic heterocycles. The zero-order chi connectivity index (χ0) is 14.8. The molecule has 7 nitrogen and oxygen atoms in total. The maximum Gasteiger partial charge on any atom is 0.366 e. The number of carboxylic acids is 1. The molecular weight excluding hydrogens is 286 g/mol. The summed E-state index contributed by atoms with van der Waals surface area (Å²) in [6, 6.07) is 6.81. The number of carbonyl (C=O) groups is 1. The minimum Gasteiger partial charge on any atom is -0.493 e. The molecule has 1 aliphatic heterocycles. The van der Waals surface area contributed by atoms with Crippen LogP contribution in [0.3, 0.4) is 0 Å². The number of benzene rings is 1. The van der Waals surface area contributed by atoms with Gasteiger partial charge in [0.05, 0.1) is 18.2 Å². The lowest BCUT2D eigenvalue weighted by Gasteiger charge is -2.09. The molecule has 0 fully saturated rings. The molecule has 0 amide bonds. The monoisotopic (exact) mass is 297 g/mol. The fraction of sp³-hybridized carbons (Fsp3) is 0.167. The van der Waals surface area contributed by atoms with Crippen LogP contribution in [0.15, 0.2) is 40.4 Å². The van der Waals surface area contributed by atoms with Gasteiger partial charge >= 0.3 is 5.97 Å². The van der Waals surface area contributed by atoms with Gasteiger partial charge in [-0.25, -0.2) is 18.2 Å². The van der Waals surface area contributed by atoms with Gasteiger partial charge in [-0.2, -0.15) is 0 Å². The Bertz CT molecular complexity index is 704. The minimum atomic E-state index is -3.98. The van der Waals surface area contributed by atoms with Gasteiger partial charge < -0.3 is 14.6 Å². The summed E-state index contributed by atoms with van der Waals surface area (Å²) in [5.41, 5.74) is 0.0216. The lowest BCUT2D eigenvalue weighted by Crippen LogP contribution is -2.19. The van der Waals surface area contributed by atoms with Crippen molar-refractivity contribution >= 4 is 20.9 Å². The molecule has 1 heterocycles. The highest BCUT2D eigenvalue weighted by molar-refractivity contribution is 8.11. The highest BCUT2D eigenvalue weighted by atomic mass is 32.2. The van der Waals surface area contributed by atoms with Crippen LogP contribution in [0.4, 0.5) is 0 Å². The van der Waals surface area contributed by atoms with Crippen LogP contribution in [0.1, 0.15) is 0 Å². The summed E-state index contributed by atoms with van der Waals surface area (Å²) in [5.74, 6) is -0.697. The second-order valence-electron chi connectivity index (χ2n) is 3.82. The molecule has 106 valence electrons. The van der Waals surface area contributed by atoms with Crippen LogP contribution in [-0.2, 0) is 14.6 Å². The van der Waals surface area contributed by atoms with Gasteiger partial charge in [-0.3, -0.25) is 0 Å². The Morgan fingerprint density at radius 3 is 2.50 bits per heavy atom. The van der Waals surface area contributed by atoms with E-state index in [9.17, 15) is 13.2 Å². The van der Waals surface area contributed by atoms with Crippen LogP contribution in [0.2, 0.25) is 0 Å². The molecule has 1 aromatic rings. The molecular formula is C12H11NO6S. The van der Waals surface area contributed by atoms with Crippen molar-refractivity contribution in [2.24, 2.45) is 4.99 Å². The van der Waals surface area contributed by atoms with Crippen LogP contribution < -0.4 is 9.47 Å². The highest BCUT2D eigenvalue weighted by Crippen LogP contribution is 2.27. The molecule has 0 atom stereocenters. The normalized spacial score (nSPS) is 16.2. The van der Waals surface area contributed by atoms with Gasteiger partial charge in [0.25, 0.3) is 0 Å². The first-order valence-electron chi connectivity index (χ1n) is 5.47. The number of para-hydroxylation sites is 2. The van der Waals surface area contributed by atoms with Crippen molar-refractivity contribution in [2.45, 2.75) is 0 Å². The average molecular weight is 297 g/mol. The summed E-state index contributed by atoms with van der Waals surface area (Å²) in [4.78, 5) is 14.3. The van der Waals surface area contributed by atoms with Crippen molar-refractivity contribution in [3.05, 3.63) is 35.4 Å². The standard InChI is InChI=1S/C12H11NO6S/c1-18-9-4-2-3-5-10(9)19-6-8-7-20(16,17)11(13-8)12(14)15/h2-5,7H,6H2,1H3,(H,14,15). The SMILES string of the molecule is COc1ccccc1OCC1=CS(=O)(=O)C(C(=O)O)=N1. The Morgan fingerprint density at radius 2 is 1.95 bits per heavy atom. The first kappa shape index (κ1) is 14.1. The van der Waals surface area contributed by atoms with E-state index < -0.39 is 20.9 Å². The maximum absolute atomic E-state index is 11.5. The van der Waals surface area contributed by atoms with Crippen molar-refractivity contribution in [3.63, 3.8) is 0 Å². The van der Waals surface area contributed by atoms with Gasteiger partial charge in [-0.1, -0.05) is 12.1 Å². The quantitative estimate of drug-likeness (QED) is 0.863. The topological polar surface area (TPSA) is 102 Å². The van der Waals surface area contributed by atoms with Crippen molar-refractivity contribution < 1.29 is 27.8 Å². The molecule has 0 spiro atoms. The van der Waals surface area contributed by atoms with E-state index in [1.807, 2.05) is 0 Å². The minimum absolute atomic E-state index is 0.0216. The van der Waals surface area contributed by atoms with E-state index in [2.05, 4.69) is 4.99 Å². The molecule has 0 radical (unpaired) electrons. The summed E-state index contributed by atoms with van der Waals surface area (Å²) in [6.07, 6.45) is 0. The zero-order valence-electron chi connectivity index (χ0n) is 10.4. The Kier molecular flexibility index (Phi) is 3.75. The van der Waals surface area contributed by atoms with Crippen LogP contribution in [0, 0.1) is 0 Å². The number of sulfone groups is 1. The summed E-state index contributed by atoms with van der Waals surface area (Å²) in [7, 11) is -2.50. The van der Waals surface area contributed by atoms with E-state index >= 15 is 0 Å². The van der Waals surface area contributed by atoms with Gasteiger partial charge in [0.15, 0.2) is 11.5 Å². The number of hydrogen-bond donors (Lipinski definition) is 1. The van der Waals surface area contributed by atoms with E-state index in [0.29, 0.717) is 11.5 Å². The first-order valence-corrected chi connectivity index (χ1v) is 7.02. The van der Waals surface area contributed by atoms with Gasteiger partial charge in [0.2, 0.25) is 14.9 Å². The van der Waals surface area contributed by atoms with E-state index in [4.69, 9.17) is 14.6 Å². The van der Waals surface area contributed by atoms with Gasteiger partial charge in [-0.05, 0) is 12.1 Å². The second kappa shape index (κ2) is 5.33. The molecule has 0 aliphatic carbocycles. The van der Waals surface area contributed by atoms with E-state index in [1.54, 1.807) is 24.3 Å². The van der Waals surface area contributed by atoms with Crippen LogP contribution >= 0.6 is 0 Å². The third kappa shape index (κ3) is 2.80. The number of rotatable bonds is 5. The first-order chi connectivity index (χ1) is 9.44. The molecule has 8 heteroatoms. The van der Waals surface area contributed by atoms with Crippen molar-refractivity contribution in [1.29, 1.82) is 0 Å². The van der Waals surface area contributed by atoms with Gasteiger partial charge in [-0.15, -0.1) is 0 Å². The number of carboxylic acid groups (broad SMARTS) is 1. The third-order valence-electron chi connectivity index (χ3n) is 2.43. The molecule has 1 aliphatic rings.